The number of rotatable bonds is 4. The molecule has 0 amide bonds. The lowest BCUT2D eigenvalue weighted by atomic mass is 10.0. The van der Waals surface area contributed by atoms with Gasteiger partial charge in [0.2, 0.25) is 0 Å². The minimum atomic E-state index is 0. The molecule has 0 radical (unpaired) electrons. The van der Waals surface area contributed by atoms with Crippen LogP contribution in [0.3, 0.4) is 0 Å². The molecule has 124 valence electrons. The number of nitrogens with two attached hydrogens (primary N) is 1. The van der Waals surface area contributed by atoms with Crippen LogP contribution in [0.25, 0.3) is 11.1 Å². The molecule has 3 nitrogen and oxygen atoms in total. The van der Waals surface area contributed by atoms with Gasteiger partial charge in [0.05, 0.1) is 12.7 Å². The molecule has 1 atom stereocenters. The molecule has 1 saturated heterocycles. The SMILES string of the molecule is Cl.NCC1CN(Cc2ccc(-c3ccccc3Br)cc2)CCO1. The van der Waals surface area contributed by atoms with Gasteiger partial charge in [-0.05, 0) is 22.8 Å². The van der Waals surface area contributed by atoms with Gasteiger partial charge in [0.15, 0.2) is 0 Å². The number of ether oxygens (including phenoxy) is 1. The Labute approximate surface area is 152 Å². The Bertz CT molecular complexity index is 621. The summed E-state index contributed by atoms with van der Waals surface area (Å²) in [6.45, 7) is 4.22. The smallest absolute Gasteiger partial charge is 0.0824 e. The van der Waals surface area contributed by atoms with Crippen molar-refractivity contribution in [1.82, 2.24) is 4.90 Å². The lowest BCUT2D eigenvalue weighted by Crippen LogP contribution is -2.45. The van der Waals surface area contributed by atoms with Crippen molar-refractivity contribution in [2.75, 3.05) is 26.2 Å². The molecule has 0 bridgehead atoms. The standard InChI is InChI=1S/C18H21BrN2O.ClH/c19-18-4-2-1-3-17(18)15-7-5-14(6-8-15)12-21-9-10-22-16(11-20)13-21;/h1-8,16H,9-13,20H2;1H. The molecule has 0 saturated carbocycles. The van der Waals surface area contributed by atoms with Crippen LogP contribution in [0.5, 0.6) is 0 Å². The van der Waals surface area contributed by atoms with Crippen molar-refractivity contribution >= 4 is 28.3 Å². The van der Waals surface area contributed by atoms with Gasteiger partial charge in [0.25, 0.3) is 0 Å². The second-order valence-electron chi connectivity index (χ2n) is 5.64. The van der Waals surface area contributed by atoms with E-state index < -0.39 is 0 Å². The topological polar surface area (TPSA) is 38.5 Å². The number of hydrogen-bond acceptors (Lipinski definition) is 3. The van der Waals surface area contributed by atoms with E-state index in [-0.39, 0.29) is 18.5 Å². The lowest BCUT2D eigenvalue weighted by Gasteiger charge is -2.32. The van der Waals surface area contributed by atoms with Gasteiger partial charge in [-0.3, -0.25) is 4.90 Å². The Kier molecular flexibility index (Phi) is 7.06. The zero-order valence-electron chi connectivity index (χ0n) is 13.0. The molecule has 1 unspecified atom stereocenters. The summed E-state index contributed by atoms with van der Waals surface area (Å²) in [5.41, 5.74) is 9.49. The Morgan fingerprint density at radius 3 is 2.57 bits per heavy atom. The highest BCUT2D eigenvalue weighted by molar-refractivity contribution is 9.10. The van der Waals surface area contributed by atoms with Crippen LogP contribution in [0, 0.1) is 0 Å². The average molecular weight is 398 g/mol. The fourth-order valence-electron chi connectivity index (χ4n) is 2.81. The average Bonchev–Trinajstić information content (AvgIpc) is 2.56. The summed E-state index contributed by atoms with van der Waals surface area (Å²) in [4.78, 5) is 2.41. The fraction of sp³-hybridized carbons (Fsp3) is 0.333. The van der Waals surface area contributed by atoms with E-state index in [4.69, 9.17) is 10.5 Å². The monoisotopic (exact) mass is 396 g/mol. The summed E-state index contributed by atoms with van der Waals surface area (Å²) < 4.78 is 6.74. The first-order valence-corrected chi connectivity index (χ1v) is 8.43. The molecule has 1 fully saturated rings. The van der Waals surface area contributed by atoms with Crippen molar-refractivity contribution in [3.63, 3.8) is 0 Å². The van der Waals surface area contributed by atoms with Crippen LogP contribution in [0.1, 0.15) is 5.56 Å². The van der Waals surface area contributed by atoms with Crippen LogP contribution in [0.4, 0.5) is 0 Å². The number of hydrogen-bond donors (Lipinski definition) is 1. The van der Waals surface area contributed by atoms with E-state index in [1.165, 1.54) is 16.7 Å². The maximum atomic E-state index is 5.70. The van der Waals surface area contributed by atoms with Gasteiger partial charge in [-0.25, -0.2) is 0 Å². The van der Waals surface area contributed by atoms with Gasteiger partial charge < -0.3 is 10.5 Å². The highest BCUT2D eigenvalue weighted by atomic mass is 79.9. The molecule has 0 aliphatic carbocycles. The number of benzene rings is 2. The Balaban J connectivity index is 0.00000192. The molecule has 0 aromatic heterocycles. The van der Waals surface area contributed by atoms with Crippen LogP contribution in [0.15, 0.2) is 53.0 Å². The van der Waals surface area contributed by atoms with Gasteiger partial charge in [0, 0.05) is 30.7 Å². The normalized spacial score (nSPS) is 18.4. The van der Waals surface area contributed by atoms with Gasteiger partial charge in [-0.1, -0.05) is 58.4 Å². The van der Waals surface area contributed by atoms with Crippen LogP contribution in [-0.2, 0) is 11.3 Å². The molecule has 0 spiro atoms. The second-order valence-corrected chi connectivity index (χ2v) is 6.49. The third-order valence-corrected chi connectivity index (χ3v) is 4.72. The number of morpholine rings is 1. The first-order chi connectivity index (χ1) is 10.8. The van der Waals surface area contributed by atoms with Crippen LogP contribution >= 0.6 is 28.3 Å². The summed E-state index contributed by atoms with van der Waals surface area (Å²) in [5.74, 6) is 0. The summed E-state index contributed by atoms with van der Waals surface area (Å²) in [7, 11) is 0. The second kappa shape index (κ2) is 8.81. The molecule has 2 aromatic rings. The molecule has 1 heterocycles. The number of halogens is 2. The van der Waals surface area contributed by atoms with Crippen LogP contribution in [-0.4, -0.2) is 37.2 Å². The fourth-order valence-corrected chi connectivity index (χ4v) is 3.32. The van der Waals surface area contributed by atoms with Crippen molar-refractivity contribution in [2.45, 2.75) is 12.6 Å². The molecule has 5 heteroatoms. The van der Waals surface area contributed by atoms with Crippen LogP contribution in [0.2, 0.25) is 0 Å². The highest BCUT2D eigenvalue weighted by Crippen LogP contribution is 2.28. The first kappa shape index (κ1) is 18.4. The minimum Gasteiger partial charge on any atom is -0.374 e. The van der Waals surface area contributed by atoms with Crippen molar-refractivity contribution < 1.29 is 4.74 Å². The van der Waals surface area contributed by atoms with Crippen LogP contribution < -0.4 is 5.73 Å². The molecule has 23 heavy (non-hydrogen) atoms. The molecule has 2 aromatic carbocycles. The summed E-state index contributed by atoms with van der Waals surface area (Å²) in [5, 5.41) is 0. The van der Waals surface area contributed by atoms with Crippen molar-refractivity contribution in [1.29, 1.82) is 0 Å². The quantitative estimate of drug-likeness (QED) is 0.855. The Morgan fingerprint density at radius 2 is 1.87 bits per heavy atom. The van der Waals surface area contributed by atoms with Crippen molar-refractivity contribution in [3.05, 3.63) is 58.6 Å². The maximum absolute atomic E-state index is 5.70. The van der Waals surface area contributed by atoms with E-state index in [1.807, 2.05) is 6.07 Å². The van der Waals surface area contributed by atoms with E-state index in [1.54, 1.807) is 0 Å². The number of nitrogens with zero attached hydrogens (tertiary/aromatic N) is 1. The van der Waals surface area contributed by atoms with Crippen molar-refractivity contribution in [3.8, 4) is 11.1 Å². The first-order valence-electron chi connectivity index (χ1n) is 7.64. The van der Waals surface area contributed by atoms with E-state index in [2.05, 4.69) is 63.3 Å². The summed E-state index contributed by atoms with van der Waals surface area (Å²) in [6.07, 6.45) is 0.174. The van der Waals surface area contributed by atoms with Gasteiger partial charge in [-0.2, -0.15) is 0 Å². The third-order valence-electron chi connectivity index (χ3n) is 4.03. The van der Waals surface area contributed by atoms with Gasteiger partial charge >= 0.3 is 0 Å². The minimum absolute atomic E-state index is 0. The molecule has 1 aliphatic rings. The van der Waals surface area contributed by atoms with E-state index >= 15 is 0 Å². The molecule has 3 rings (SSSR count). The Hall–Kier alpha value is -0.910. The van der Waals surface area contributed by atoms with Crippen molar-refractivity contribution in [2.24, 2.45) is 5.73 Å². The zero-order valence-corrected chi connectivity index (χ0v) is 15.4. The molecule has 2 N–H and O–H groups in total. The maximum Gasteiger partial charge on any atom is 0.0824 e. The zero-order chi connectivity index (χ0) is 15.4. The lowest BCUT2D eigenvalue weighted by molar-refractivity contribution is -0.0260. The van der Waals surface area contributed by atoms with E-state index in [0.29, 0.717) is 6.54 Å². The van der Waals surface area contributed by atoms with E-state index in [9.17, 15) is 0 Å². The Morgan fingerprint density at radius 1 is 1.13 bits per heavy atom. The van der Waals surface area contributed by atoms with Gasteiger partial charge in [-0.15, -0.1) is 12.4 Å². The van der Waals surface area contributed by atoms with Gasteiger partial charge in [0.1, 0.15) is 0 Å². The predicted octanol–water partition coefficient (Wildman–Crippen LogP) is 3.70. The molecular weight excluding hydrogens is 376 g/mol. The largest absolute Gasteiger partial charge is 0.374 e. The summed E-state index contributed by atoms with van der Waals surface area (Å²) in [6, 6.07) is 17.1. The third kappa shape index (κ3) is 4.78. The molecule has 1 aliphatic heterocycles. The predicted molar refractivity (Wildman–Crippen MR) is 101 cm³/mol. The van der Waals surface area contributed by atoms with E-state index in [0.717, 1.165) is 30.7 Å². The summed E-state index contributed by atoms with van der Waals surface area (Å²) >= 11 is 3.61. The highest BCUT2D eigenvalue weighted by Gasteiger charge is 2.19. The molecular formula is C18H22BrClN2O.